The SMILES string of the molecule is C[C@H]1C[C@@H](C(=O)NCC(=O)Nc2cccc3cccnc23)CCN1. The summed E-state index contributed by atoms with van der Waals surface area (Å²) in [7, 11) is 0. The highest BCUT2D eigenvalue weighted by molar-refractivity contribution is 6.01. The lowest BCUT2D eigenvalue weighted by Crippen LogP contribution is -2.44. The molecule has 2 aromatic rings. The Labute approximate surface area is 141 Å². The predicted molar refractivity (Wildman–Crippen MR) is 93.6 cm³/mol. The average molecular weight is 326 g/mol. The number of hydrogen-bond donors (Lipinski definition) is 3. The van der Waals surface area contributed by atoms with Crippen LogP contribution in [0.3, 0.4) is 0 Å². The van der Waals surface area contributed by atoms with Gasteiger partial charge >= 0.3 is 0 Å². The number of nitrogens with one attached hydrogen (secondary N) is 3. The summed E-state index contributed by atoms with van der Waals surface area (Å²) in [6, 6.07) is 9.76. The number of anilines is 1. The summed E-state index contributed by atoms with van der Waals surface area (Å²) in [6.07, 6.45) is 3.31. The highest BCUT2D eigenvalue weighted by Gasteiger charge is 2.24. The number of pyridine rings is 1. The van der Waals surface area contributed by atoms with Crippen molar-refractivity contribution >= 4 is 28.4 Å². The van der Waals surface area contributed by atoms with Crippen molar-refractivity contribution in [3.8, 4) is 0 Å². The van der Waals surface area contributed by atoms with Crippen LogP contribution in [-0.4, -0.2) is 35.9 Å². The lowest BCUT2D eigenvalue weighted by Gasteiger charge is -2.27. The minimum Gasteiger partial charge on any atom is -0.347 e. The standard InChI is InChI=1S/C18H22N4O2/c1-12-10-14(7-9-19-12)18(24)21-11-16(23)22-15-6-2-4-13-5-3-8-20-17(13)15/h2-6,8,12,14,19H,7,9-11H2,1H3,(H,21,24)(H,22,23)/t12-,14-/m0/s1. The van der Waals surface area contributed by atoms with Crippen LogP contribution in [0.15, 0.2) is 36.5 Å². The van der Waals surface area contributed by atoms with Crippen LogP contribution in [0.4, 0.5) is 5.69 Å². The van der Waals surface area contributed by atoms with E-state index in [0.717, 1.165) is 30.3 Å². The number of carbonyl (C=O) groups excluding carboxylic acids is 2. The third-order valence-corrected chi connectivity index (χ3v) is 4.32. The second kappa shape index (κ2) is 7.40. The maximum Gasteiger partial charge on any atom is 0.243 e. The molecule has 6 heteroatoms. The van der Waals surface area contributed by atoms with E-state index in [9.17, 15) is 9.59 Å². The van der Waals surface area contributed by atoms with E-state index in [2.05, 4.69) is 27.9 Å². The Bertz CT molecular complexity index is 741. The number of hydrogen-bond acceptors (Lipinski definition) is 4. The third-order valence-electron chi connectivity index (χ3n) is 4.32. The zero-order valence-electron chi connectivity index (χ0n) is 13.7. The van der Waals surface area contributed by atoms with Gasteiger partial charge in [0.05, 0.1) is 17.7 Å². The van der Waals surface area contributed by atoms with Gasteiger partial charge in [-0.15, -0.1) is 0 Å². The quantitative estimate of drug-likeness (QED) is 0.798. The van der Waals surface area contributed by atoms with Crippen LogP contribution in [-0.2, 0) is 9.59 Å². The Kier molecular flexibility index (Phi) is 5.05. The molecular weight excluding hydrogens is 304 g/mol. The molecule has 24 heavy (non-hydrogen) atoms. The predicted octanol–water partition coefficient (Wildman–Crippen LogP) is 1.68. The minimum atomic E-state index is -0.247. The smallest absolute Gasteiger partial charge is 0.243 e. The fraction of sp³-hybridized carbons (Fsp3) is 0.389. The largest absolute Gasteiger partial charge is 0.347 e. The van der Waals surface area contributed by atoms with Crippen molar-refractivity contribution in [3.05, 3.63) is 36.5 Å². The van der Waals surface area contributed by atoms with E-state index in [1.54, 1.807) is 6.20 Å². The van der Waals surface area contributed by atoms with Gasteiger partial charge < -0.3 is 16.0 Å². The highest BCUT2D eigenvalue weighted by Crippen LogP contribution is 2.20. The molecule has 2 heterocycles. The lowest BCUT2D eigenvalue weighted by molar-refractivity contribution is -0.128. The van der Waals surface area contributed by atoms with Gasteiger partial charge in [0, 0.05) is 23.5 Å². The fourth-order valence-electron chi connectivity index (χ4n) is 3.08. The van der Waals surface area contributed by atoms with E-state index in [4.69, 9.17) is 0 Å². The molecule has 6 nitrogen and oxygen atoms in total. The Morgan fingerprint density at radius 1 is 1.29 bits per heavy atom. The van der Waals surface area contributed by atoms with Crippen molar-refractivity contribution in [3.63, 3.8) is 0 Å². The van der Waals surface area contributed by atoms with Crippen LogP contribution in [0.1, 0.15) is 19.8 Å². The molecule has 1 aromatic heterocycles. The number of rotatable bonds is 4. The second-order valence-electron chi connectivity index (χ2n) is 6.22. The lowest BCUT2D eigenvalue weighted by atomic mass is 9.92. The van der Waals surface area contributed by atoms with E-state index in [1.807, 2.05) is 30.3 Å². The van der Waals surface area contributed by atoms with E-state index in [0.29, 0.717) is 11.7 Å². The number of amides is 2. The zero-order valence-corrected chi connectivity index (χ0v) is 13.7. The maximum absolute atomic E-state index is 12.2. The normalized spacial score (nSPS) is 20.5. The molecule has 0 radical (unpaired) electrons. The Balaban J connectivity index is 1.56. The Hall–Kier alpha value is -2.47. The van der Waals surface area contributed by atoms with Crippen LogP contribution in [0.5, 0.6) is 0 Å². The summed E-state index contributed by atoms with van der Waals surface area (Å²) >= 11 is 0. The molecule has 3 N–H and O–H groups in total. The molecule has 1 fully saturated rings. The molecule has 0 spiro atoms. The van der Waals surface area contributed by atoms with Crippen molar-refractivity contribution < 1.29 is 9.59 Å². The van der Waals surface area contributed by atoms with Crippen LogP contribution in [0.2, 0.25) is 0 Å². The van der Waals surface area contributed by atoms with Gasteiger partial charge in [0.1, 0.15) is 0 Å². The molecule has 0 unspecified atom stereocenters. The van der Waals surface area contributed by atoms with Crippen LogP contribution in [0, 0.1) is 5.92 Å². The molecule has 3 rings (SSSR count). The van der Waals surface area contributed by atoms with Crippen molar-refractivity contribution in [1.29, 1.82) is 0 Å². The van der Waals surface area contributed by atoms with Crippen molar-refractivity contribution in [2.75, 3.05) is 18.4 Å². The molecule has 2 atom stereocenters. The van der Waals surface area contributed by atoms with E-state index in [1.165, 1.54) is 0 Å². The number of benzene rings is 1. The van der Waals surface area contributed by atoms with Gasteiger partial charge in [-0.2, -0.15) is 0 Å². The molecule has 1 aliphatic rings. The molecule has 0 saturated carbocycles. The summed E-state index contributed by atoms with van der Waals surface area (Å²) in [5.41, 5.74) is 1.40. The monoisotopic (exact) mass is 326 g/mol. The molecule has 1 aliphatic heterocycles. The first kappa shape index (κ1) is 16.4. The molecular formula is C18H22N4O2. The molecule has 1 aromatic carbocycles. The number of nitrogens with zero attached hydrogens (tertiary/aromatic N) is 1. The van der Waals surface area contributed by atoms with Gasteiger partial charge in [0.2, 0.25) is 11.8 Å². The first-order valence-corrected chi connectivity index (χ1v) is 8.28. The summed E-state index contributed by atoms with van der Waals surface area (Å²) in [6.45, 7) is 2.88. The average Bonchev–Trinajstić information content (AvgIpc) is 2.60. The van der Waals surface area contributed by atoms with Gasteiger partial charge in [-0.3, -0.25) is 14.6 Å². The highest BCUT2D eigenvalue weighted by atomic mass is 16.2. The van der Waals surface area contributed by atoms with E-state index < -0.39 is 0 Å². The molecule has 126 valence electrons. The number of aromatic nitrogens is 1. The molecule has 0 bridgehead atoms. The van der Waals surface area contributed by atoms with Crippen LogP contribution < -0.4 is 16.0 Å². The third kappa shape index (κ3) is 3.89. The van der Waals surface area contributed by atoms with Crippen LogP contribution in [0.25, 0.3) is 10.9 Å². The van der Waals surface area contributed by atoms with E-state index >= 15 is 0 Å². The first-order chi connectivity index (χ1) is 11.6. The van der Waals surface area contributed by atoms with E-state index in [-0.39, 0.29) is 24.3 Å². The summed E-state index contributed by atoms with van der Waals surface area (Å²) in [5, 5.41) is 9.84. The summed E-state index contributed by atoms with van der Waals surface area (Å²) in [5.74, 6) is -0.314. The number of fused-ring (bicyclic) bond motifs is 1. The van der Waals surface area contributed by atoms with Gasteiger partial charge in [-0.1, -0.05) is 18.2 Å². The zero-order chi connectivity index (χ0) is 16.9. The van der Waals surface area contributed by atoms with Gasteiger partial charge in [0.25, 0.3) is 0 Å². The number of carbonyl (C=O) groups is 2. The Morgan fingerprint density at radius 2 is 2.12 bits per heavy atom. The summed E-state index contributed by atoms with van der Waals surface area (Å²) in [4.78, 5) is 28.6. The van der Waals surface area contributed by atoms with Gasteiger partial charge in [0.15, 0.2) is 0 Å². The van der Waals surface area contributed by atoms with Gasteiger partial charge in [-0.05, 0) is 38.4 Å². The summed E-state index contributed by atoms with van der Waals surface area (Å²) < 4.78 is 0. The number of para-hydroxylation sites is 1. The maximum atomic E-state index is 12.2. The van der Waals surface area contributed by atoms with Crippen molar-refractivity contribution in [2.24, 2.45) is 5.92 Å². The topological polar surface area (TPSA) is 83.1 Å². The van der Waals surface area contributed by atoms with Crippen molar-refractivity contribution in [1.82, 2.24) is 15.6 Å². The van der Waals surface area contributed by atoms with Gasteiger partial charge in [-0.25, -0.2) is 0 Å². The fourth-order valence-corrected chi connectivity index (χ4v) is 3.08. The molecule has 1 saturated heterocycles. The minimum absolute atomic E-state index is 0.0201. The number of piperidine rings is 1. The molecule has 0 aliphatic carbocycles. The van der Waals surface area contributed by atoms with Crippen molar-refractivity contribution in [2.45, 2.75) is 25.8 Å². The van der Waals surface area contributed by atoms with Crippen LogP contribution >= 0.6 is 0 Å². The Morgan fingerprint density at radius 3 is 2.96 bits per heavy atom. The molecule has 2 amide bonds. The first-order valence-electron chi connectivity index (χ1n) is 8.28. The second-order valence-corrected chi connectivity index (χ2v) is 6.22.